The van der Waals surface area contributed by atoms with Crippen molar-refractivity contribution in [2.45, 2.75) is 27.2 Å². The molecule has 1 amide bonds. The minimum Gasteiger partial charge on any atom is -0.490 e. The van der Waals surface area contributed by atoms with E-state index in [0.717, 1.165) is 6.42 Å². The number of hydrogen-bond donors (Lipinski definition) is 1. The van der Waals surface area contributed by atoms with Crippen molar-refractivity contribution in [2.24, 2.45) is 7.05 Å². The Morgan fingerprint density at radius 1 is 1.12 bits per heavy atom. The molecule has 0 aliphatic carbocycles. The number of amides is 1. The Kier molecular flexibility index (Phi) is 7.93. The lowest BCUT2D eigenvalue weighted by Crippen LogP contribution is -2.23. The van der Waals surface area contributed by atoms with Crippen molar-refractivity contribution in [3.05, 3.63) is 75.7 Å². The third-order valence-electron chi connectivity index (χ3n) is 5.20. The monoisotopic (exact) mass is 460 g/mol. The Hall–Kier alpha value is -4.25. The summed E-state index contributed by atoms with van der Waals surface area (Å²) in [6.45, 7) is 6.61. The summed E-state index contributed by atoms with van der Waals surface area (Å²) < 4.78 is 14.5. The molecule has 34 heavy (non-hydrogen) atoms. The number of anilines is 1. The van der Waals surface area contributed by atoms with Crippen molar-refractivity contribution < 1.29 is 14.3 Å². The van der Waals surface area contributed by atoms with E-state index in [2.05, 4.69) is 5.32 Å². The van der Waals surface area contributed by atoms with Gasteiger partial charge in [0.2, 0.25) is 0 Å². The van der Waals surface area contributed by atoms with Crippen LogP contribution >= 0.6 is 0 Å². The normalized spacial score (nSPS) is 11.1. The average Bonchev–Trinajstić information content (AvgIpc) is 3.05. The van der Waals surface area contributed by atoms with Gasteiger partial charge in [0.1, 0.15) is 17.3 Å². The summed E-state index contributed by atoms with van der Waals surface area (Å²) in [6, 6.07) is 16.3. The van der Waals surface area contributed by atoms with Crippen molar-refractivity contribution in [2.75, 3.05) is 18.5 Å². The molecule has 0 saturated heterocycles. The Morgan fingerprint density at radius 3 is 2.50 bits per heavy atom. The molecule has 0 unspecified atom stereocenters. The lowest BCUT2D eigenvalue weighted by Gasteiger charge is -2.12. The lowest BCUT2D eigenvalue weighted by atomic mass is 10.1. The number of hydrogen-bond acceptors (Lipinski definition) is 5. The number of benzene rings is 2. The van der Waals surface area contributed by atoms with Gasteiger partial charge >= 0.3 is 0 Å². The summed E-state index contributed by atoms with van der Waals surface area (Å²) in [5.41, 5.74) is 1.44. The van der Waals surface area contributed by atoms with Gasteiger partial charge in [-0.25, -0.2) is 4.68 Å². The first kappa shape index (κ1) is 24.4. The van der Waals surface area contributed by atoms with Gasteiger partial charge in [0, 0.05) is 7.05 Å². The number of carbonyl (C=O) groups excluding carboxylic acids is 1. The maximum Gasteiger partial charge on any atom is 0.295 e. The summed E-state index contributed by atoms with van der Waals surface area (Å²) >= 11 is 0. The highest BCUT2D eigenvalue weighted by Crippen LogP contribution is 2.29. The van der Waals surface area contributed by atoms with Gasteiger partial charge in [0.15, 0.2) is 11.5 Å². The number of carbonyl (C=O) groups is 1. The van der Waals surface area contributed by atoms with E-state index in [1.54, 1.807) is 49.0 Å². The Balaban J connectivity index is 1.91. The number of nitrogens with zero attached hydrogens (tertiary/aromatic N) is 3. The molecule has 8 heteroatoms. The van der Waals surface area contributed by atoms with E-state index in [9.17, 15) is 14.9 Å². The molecule has 3 rings (SSSR count). The van der Waals surface area contributed by atoms with Crippen LogP contribution in [0.15, 0.2) is 58.9 Å². The van der Waals surface area contributed by atoms with Gasteiger partial charge in [-0.3, -0.25) is 14.3 Å². The highest BCUT2D eigenvalue weighted by atomic mass is 16.5. The number of nitriles is 1. The minimum absolute atomic E-state index is 0.121. The van der Waals surface area contributed by atoms with Crippen molar-refractivity contribution in [3.8, 4) is 23.3 Å². The molecule has 1 N–H and O–H groups in total. The van der Waals surface area contributed by atoms with Crippen LogP contribution < -0.4 is 20.3 Å². The number of nitrogens with one attached hydrogen (secondary N) is 1. The summed E-state index contributed by atoms with van der Waals surface area (Å²) in [5.74, 6) is 0.468. The molecular weight excluding hydrogens is 432 g/mol. The molecule has 0 aliphatic heterocycles. The molecule has 0 radical (unpaired) electrons. The molecule has 2 aromatic carbocycles. The van der Waals surface area contributed by atoms with Crippen molar-refractivity contribution in [1.29, 1.82) is 5.26 Å². The number of para-hydroxylation sites is 1. The first-order chi connectivity index (χ1) is 16.4. The molecule has 176 valence electrons. The smallest absolute Gasteiger partial charge is 0.295 e. The zero-order chi connectivity index (χ0) is 24.7. The lowest BCUT2D eigenvalue weighted by molar-refractivity contribution is -0.112. The zero-order valence-corrected chi connectivity index (χ0v) is 19.8. The van der Waals surface area contributed by atoms with Crippen LogP contribution in [0.4, 0.5) is 5.69 Å². The largest absolute Gasteiger partial charge is 0.490 e. The fourth-order valence-corrected chi connectivity index (χ4v) is 3.42. The second-order valence-corrected chi connectivity index (χ2v) is 7.55. The Bertz CT molecular complexity index is 1300. The predicted octanol–water partition coefficient (Wildman–Crippen LogP) is 4.22. The molecule has 0 spiro atoms. The van der Waals surface area contributed by atoms with Gasteiger partial charge in [-0.2, -0.15) is 5.26 Å². The molecular formula is C26H28N4O4. The van der Waals surface area contributed by atoms with E-state index in [0.29, 0.717) is 41.7 Å². The molecule has 0 atom stereocenters. The van der Waals surface area contributed by atoms with Crippen LogP contribution in [0.3, 0.4) is 0 Å². The summed E-state index contributed by atoms with van der Waals surface area (Å²) in [6.07, 6.45) is 2.31. The fourth-order valence-electron chi connectivity index (χ4n) is 3.42. The molecule has 0 aliphatic rings. The zero-order valence-electron chi connectivity index (χ0n) is 19.8. The van der Waals surface area contributed by atoms with E-state index in [1.165, 1.54) is 10.8 Å². The molecule has 1 aromatic heterocycles. The van der Waals surface area contributed by atoms with Crippen LogP contribution in [0.2, 0.25) is 0 Å². The van der Waals surface area contributed by atoms with Crippen LogP contribution in [-0.2, 0) is 11.8 Å². The summed E-state index contributed by atoms with van der Waals surface area (Å²) in [4.78, 5) is 26.0. The van der Waals surface area contributed by atoms with E-state index in [1.807, 2.05) is 38.1 Å². The van der Waals surface area contributed by atoms with Gasteiger partial charge in [0.25, 0.3) is 11.5 Å². The number of ether oxygens (including phenoxy) is 2. The average molecular weight is 461 g/mol. The second-order valence-electron chi connectivity index (χ2n) is 7.55. The van der Waals surface area contributed by atoms with Crippen molar-refractivity contribution in [3.63, 3.8) is 0 Å². The number of rotatable bonds is 9. The van der Waals surface area contributed by atoms with Crippen molar-refractivity contribution in [1.82, 2.24) is 9.36 Å². The van der Waals surface area contributed by atoms with E-state index in [-0.39, 0.29) is 16.8 Å². The highest BCUT2D eigenvalue weighted by molar-refractivity contribution is 6.09. The molecule has 1 heterocycles. The van der Waals surface area contributed by atoms with E-state index >= 15 is 0 Å². The first-order valence-electron chi connectivity index (χ1n) is 11.1. The molecule has 0 saturated carbocycles. The van der Waals surface area contributed by atoms with Crippen LogP contribution in [0, 0.1) is 18.3 Å². The van der Waals surface area contributed by atoms with E-state index in [4.69, 9.17) is 9.47 Å². The minimum atomic E-state index is -0.669. The predicted molar refractivity (Wildman–Crippen MR) is 131 cm³/mol. The second kappa shape index (κ2) is 11.1. The highest BCUT2D eigenvalue weighted by Gasteiger charge is 2.20. The van der Waals surface area contributed by atoms with Crippen LogP contribution in [0.1, 0.15) is 31.5 Å². The topological polar surface area (TPSA) is 98.3 Å². The Morgan fingerprint density at radius 2 is 1.85 bits per heavy atom. The third kappa shape index (κ3) is 5.21. The Labute approximate surface area is 198 Å². The van der Waals surface area contributed by atoms with Gasteiger partial charge in [-0.05, 0) is 56.2 Å². The number of aromatic nitrogens is 2. The van der Waals surface area contributed by atoms with Crippen LogP contribution in [-0.4, -0.2) is 28.5 Å². The van der Waals surface area contributed by atoms with Gasteiger partial charge < -0.3 is 14.8 Å². The molecule has 3 aromatic rings. The van der Waals surface area contributed by atoms with Crippen LogP contribution in [0.25, 0.3) is 11.8 Å². The fraction of sp³-hybridized carbons (Fsp3) is 0.269. The SMILES string of the molecule is CCCOc1ccc(/C=C(\C#N)C(=O)Nc2c(C)n(C)n(-c3ccccc3)c2=O)cc1OCC. The van der Waals surface area contributed by atoms with Gasteiger partial charge in [-0.15, -0.1) is 0 Å². The summed E-state index contributed by atoms with van der Waals surface area (Å²) in [5, 5.41) is 12.3. The van der Waals surface area contributed by atoms with Crippen LogP contribution in [0.5, 0.6) is 11.5 Å². The molecule has 0 fully saturated rings. The molecule has 0 bridgehead atoms. The van der Waals surface area contributed by atoms with Gasteiger partial charge in [0.05, 0.1) is 24.6 Å². The summed E-state index contributed by atoms with van der Waals surface area (Å²) in [7, 11) is 1.73. The standard InChI is InChI=1S/C26H28N4O4/c1-5-14-34-22-13-12-19(16-23(22)33-6-2)15-20(17-27)25(31)28-24-18(3)29(4)30(26(24)32)21-10-8-7-9-11-21/h7-13,15-16H,5-6,14H2,1-4H3,(H,28,31)/b20-15+. The maximum atomic E-state index is 13.1. The molecule has 8 nitrogen and oxygen atoms in total. The van der Waals surface area contributed by atoms with Crippen molar-refractivity contribution >= 4 is 17.7 Å². The quantitative estimate of drug-likeness (QED) is 0.381. The maximum absolute atomic E-state index is 13.1. The van der Waals surface area contributed by atoms with E-state index < -0.39 is 5.91 Å². The first-order valence-corrected chi connectivity index (χ1v) is 11.1. The third-order valence-corrected chi connectivity index (χ3v) is 5.20. The van der Waals surface area contributed by atoms with Gasteiger partial charge in [-0.1, -0.05) is 31.2 Å².